The van der Waals surface area contributed by atoms with Crippen LogP contribution in [0, 0.1) is 5.92 Å². The van der Waals surface area contributed by atoms with Gasteiger partial charge >= 0.3 is 6.09 Å². The molecule has 0 radical (unpaired) electrons. The first-order valence-corrected chi connectivity index (χ1v) is 6.46. The van der Waals surface area contributed by atoms with E-state index >= 15 is 0 Å². The maximum atomic E-state index is 12.0. The molecule has 0 aliphatic carbocycles. The van der Waals surface area contributed by atoms with Crippen molar-refractivity contribution >= 4 is 6.09 Å². The molecule has 2 N–H and O–H groups in total. The largest absolute Gasteiger partial charge is 0.444 e. The zero-order valence-corrected chi connectivity index (χ0v) is 11.7. The minimum atomic E-state index is -0.438. The van der Waals surface area contributed by atoms with Crippen LogP contribution in [0.1, 0.15) is 47.5 Å². The Kier molecular flexibility index (Phi) is 4.42. The third-order valence-electron chi connectivity index (χ3n) is 2.94. The predicted molar refractivity (Wildman–Crippen MR) is 68.8 cm³/mol. The van der Waals surface area contributed by atoms with Crippen LogP contribution >= 0.6 is 0 Å². The van der Waals surface area contributed by atoms with Crippen molar-refractivity contribution in [2.75, 3.05) is 6.54 Å². The van der Waals surface area contributed by atoms with E-state index in [0.717, 1.165) is 12.8 Å². The van der Waals surface area contributed by atoms with E-state index in [-0.39, 0.29) is 18.2 Å². The second kappa shape index (κ2) is 5.25. The second-order valence-electron chi connectivity index (χ2n) is 6.32. The van der Waals surface area contributed by atoms with Gasteiger partial charge in [0, 0.05) is 12.6 Å². The van der Waals surface area contributed by atoms with Crippen LogP contribution in [-0.4, -0.2) is 35.2 Å². The summed E-state index contributed by atoms with van der Waals surface area (Å²) in [5, 5.41) is 0. The fourth-order valence-corrected chi connectivity index (χ4v) is 2.21. The van der Waals surface area contributed by atoms with E-state index in [1.54, 1.807) is 4.90 Å². The monoisotopic (exact) mass is 242 g/mol. The lowest BCUT2D eigenvalue weighted by Gasteiger charge is -2.30. The van der Waals surface area contributed by atoms with E-state index in [1.807, 2.05) is 20.8 Å². The van der Waals surface area contributed by atoms with Gasteiger partial charge < -0.3 is 15.4 Å². The highest BCUT2D eigenvalue weighted by molar-refractivity contribution is 5.69. The number of carbonyl (C=O) groups excluding carboxylic acids is 1. The molecule has 1 rings (SSSR count). The lowest BCUT2D eigenvalue weighted by atomic mass is 9.99. The van der Waals surface area contributed by atoms with E-state index in [1.165, 1.54) is 0 Å². The lowest BCUT2D eigenvalue weighted by Crippen LogP contribution is -2.45. The molecule has 0 spiro atoms. The van der Waals surface area contributed by atoms with Crippen molar-refractivity contribution < 1.29 is 9.53 Å². The Bertz CT molecular complexity index is 271. The summed E-state index contributed by atoms with van der Waals surface area (Å²) in [4.78, 5) is 13.8. The smallest absolute Gasteiger partial charge is 0.410 e. The van der Waals surface area contributed by atoms with Gasteiger partial charge in [0.15, 0.2) is 0 Å². The molecule has 1 fully saturated rings. The van der Waals surface area contributed by atoms with Gasteiger partial charge in [0.1, 0.15) is 5.60 Å². The Labute approximate surface area is 104 Å². The third-order valence-corrected chi connectivity index (χ3v) is 2.94. The Morgan fingerprint density at radius 2 is 2.06 bits per heavy atom. The van der Waals surface area contributed by atoms with Crippen LogP contribution in [0.4, 0.5) is 4.79 Å². The molecule has 100 valence electrons. The summed E-state index contributed by atoms with van der Waals surface area (Å²) in [5.74, 6) is 0.536. The molecule has 4 heteroatoms. The van der Waals surface area contributed by atoms with Crippen LogP contribution in [0.2, 0.25) is 0 Å². The second-order valence-corrected chi connectivity index (χ2v) is 6.32. The molecule has 17 heavy (non-hydrogen) atoms. The molecular weight excluding hydrogens is 216 g/mol. The van der Waals surface area contributed by atoms with Crippen molar-refractivity contribution in [2.45, 2.75) is 65.1 Å². The van der Waals surface area contributed by atoms with Crippen LogP contribution in [0.15, 0.2) is 0 Å². The molecule has 0 aromatic carbocycles. The standard InChI is InChI=1S/C13H26N2O2/c1-9(2)8-11-10(14)6-7-15(11)12(16)17-13(3,4)5/h9-11H,6-8,14H2,1-5H3/t10?,11-/m1/s1. The zero-order chi connectivity index (χ0) is 13.2. The predicted octanol–water partition coefficient (Wildman–Crippen LogP) is 2.37. The molecule has 0 aromatic heterocycles. The Balaban J connectivity index is 2.65. The van der Waals surface area contributed by atoms with E-state index in [0.29, 0.717) is 12.5 Å². The molecule has 1 aliphatic rings. The summed E-state index contributed by atoms with van der Waals surface area (Å²) in [5.41, 5.74) is 5.63. The van der Waals surface area contributed by atoms with Crippen LogP contribution in [0.25, 0.3) is 0 Å². The summed E-state index contributed by atoms with van der Waals surface area (Å²) < 4.78 is 5.41. The number of nitrogens with two attached hydrogens (primary N) is 1. The topological polar surface area (TPSA) is 55.6 Å². The molecule has 0 bridgehead atoms. The van der Waals surface area contributed by atoms with Crippen molar-refractivity contribution in [1.82, 2.24) is 4.90 Å². The van der Waals surface area contributed by atoms with Crippen LogP contribution in [0.3, 0.4) is 0 Å². The minimum Gasteiger partial charge on any atom is -0.444 e. The van der Waals surface area contributed by atoms with Gasteiger partial charge in [0.2, 0.25) is 0 Å². The third kappa shape index (κ3) is 4.19. The van der Waals surface area contributed by atoms with Crippen LogP contribution in [-0.2, 0) is 4.74 Å². The first-order chi connectivity index (χ1) is 7.70. The van der Waals surface area contributed by atoms with Crippen molar-refractivity contribution in [3.05, 3.63) is 0 Å². The van der Waals surface area contributed by atoms with Gasteiger partial charge in [0.25, 0.3) is 0 Å². The highest BCUT2D eigenvalue weighted by atomic mass is 16.6. The van der Waals surface area contributed by atoms with Gasteiger partial charge in [-0.25, -0.2) is 4.79 Å². The molecule has 1 saturated heterocycles. The quantitative estimate of drug-likeness (QED) is 0.808. The number of hydrogen-bond acceptors (Lipinski definition) is 3. The summed E-state index contributed by atoms with van der Waals surface area (Å²) in [6, 6.07) is 0.217. The Hall–Kier alpha value is -0.770. The van der Waals surface area contributed by atoms with E-state index in [2.05, 4.69) is 13.8 Å². The highest BCUT2D eigenvalue weighted by Gasteiger charge is 2.37. The molecule has 2 atom stereocenters. The normalized spacial score (nSPS) is 25.5. The SMILES string of the molecule is CC(C)C[C@@H]1C(N)CCN1C(=O)OC(C)(C)C. The average molecular weight is 242 g/mol. The van der Waals surface area contributed by atoms with Gasteiger partial charge in [-0.05, 0) is 39.5 Å². The number of hydrogen-bond donors (Lipinski definition) is 1. The van der Waals surface area contributed by atoms with Gasteiger partial charge in [-0.15, -0.1) is 0 Å². The number of amides is 1. The molecule has 1 heterocycles. The summed E-state index contributed by atoms with van der Waals surface area (Å²) in [6.45, 7) is 10.7. The number of carbonyl (C=O) groups is 1. The first-order valence-electron chi connectivity index (χ1n) is 6.46. The summed E-state index contributed by atoms with van der Waals surface area (Å²) in [7, 11) is 0. The number of rotatable bonds is 2. The average Bonchev–Trinajstić information content (AvgIpc) is 2.44. The van der Waals surface area contributed by atoms with E-state index < -0.39 is 5.60 Å². The summed E-state index contributed by atoms with van der Waals surface area (Å²) >= 11 is 0. The molecule has 4 nitrogen and oxygen atoms in total. The lowest BCUT2D eigenvalue weighted by molar-refractivity contribution is 0.0205. The van der Waals surface area contributed by atoms with Crippen molar-refractivity contribution in [2.24, 2.45) is 11.7 Å². The number of nitrogens with zero attached hydrogens (tertiary/aromatic N) is 1. The van der Waals surface area contributed by atoms with Crippen molar-refractivity contribution in [3.8, 4) is 0 Å². The number of likely N-dealkylation sites (tertiary alicyclic amines) is 1. The maximum absolute atomic E-state index is 12.0. The summed E-state index contributed by atoms with van der Waals surface area (Å²) in [6.07, 6.45) is 1.59. The Morgan fingerprint density at radius 1 is 1.47 bits per heavy atom. The van der Waals surface area contributed by atoms with E-state index in [4.69, 9.17) is 10.5 Å². The van der Waals surface area contributed by atoms with Gasteiger partial charge in [-0.1, -0.05) is 13.8 Å². The van der Waals surface area contributed by atoms with Gasteiger partial charge in [-0.2, -0.15) is 0 Å². The number of ether oxygens (including phenoxy) is 1. The van der Waals surface area contributed by atoms with Gasteiger partial charge in [-0.3, -0.25) is 0 Å². The van der Waals surface area contributed by atoms with E-state index in [9.17, 15) is 4.79 Å². The molecule has 1 aliphatic heterocycles. The fraction of sp³-hybridized carbons (Fsp3) is 0.923. The van der Waals surface area contributed by atoms with Crippen LogP contribution in [0.5, 0.6) is 0 Å². The molecule has 1 unspecified atom stereocenters. The first kappa shape index (κ1) is 14.3. The highest BCUT2D eigenvalue weighted by Crippen LogP contribution is 2.24. The molecule has 0 saturated carbocycles. The van der Waals surface area contributed by atoms with Gasteiger partial charge in [0.05, 0.1) is 6.04 Å². The van der Waals surface area contributed by atoms with Crippen molar-refractivity contribution in [1.29, 1.82) is 0 Å². The minimum absolute atomic E-state index is 0.0879. The zero-order valence-electron chi connectivity index (χ0n) is 11.7. The molecule has 1 amide bonds. The molecule has 0 aromatic rings. The maximum Gasteiger partial charge on any atom is 0.410 e. The molecular formula is C13H26N2O2. The van der Waals surface area contributed by atoms with Crippen molar-refractivity contribution in [3.63, 3.8) is 0 Å². The van der Waals surface area contributed by atoms with Crippen LogP contribution < -0.4 is 5.73 Å². The fourth-order valence-electron chi connectivity index (χ4n) is 2.21. The Morgan fingerprint density at radius 3 is 2.53 bits per heavy atom.